The highest BCUT2D eigenvalue weighted by Gasteiger charge is 2.26. The van der Waals surface area contributed by atoms with E-state index in [0.717, 1.165) is 37.3 Å². The lowest BCUT2D eigenvalue weighted by atomic mass is 9.97. The average molecular weight is 363 g/mol. The zero-order valence-corrected chi connectivity index (χ0v) is 14.9. The van der Waals surface area contributed by atoms with Crippen molar-refractivity contribution in [1.82, 2.24) is 10.2 Å². The fraction of sp³-hybridized carbons (Fsp3) is 0.375. The molecule has 6 heteroatoms. The molecule has 22 heavy (non-hydrogen) atoms. The highest BCUT2D eigenvalue weighted by molar-refractivity contribution is 7.10. The number of rotatable bonds is 3. The standard InChI is InChI=1S/C16H19FN2S.2ClH/c1-12-13(4-2-5-14(12)17)16(15-6-3-11-20-15)19-9-7-18-8-10-19;;/h2-6,11,16,18H,7-10H2,1H3;2*1H/t16-;;/m0../s1. The summed E-state index contributed by atoms with van der Waals surface area (Å²) in [6.07, 6.45) is 0. The van der Waals surface area contributed by atoms with Crippen LogP contribution in [0.15, 0.2) is 35.7 Å². The van der Waals surface area contributed by atoms with Gasteiger partial charge in [0, 0.05) is 31.1 Å². The molecule has 0 radical (unpaired) electrons. The molecule has 0 bridgehead atoms. The van der Waals surface area contributed by atoms with Crippen LogP contribution in [0.2, 0.25) is 0 Å². The lowest BCUT2D eigenvalue weighted by Gasteiger charge is -2.35. The van der Waals surface area contributed by atoms with Crippen molar-refractivity contribution in [3.05, 3.63) is 57.5 Å². The Bertz CT molecular complexity index is 572. The molecule has 0 unspecified atom stereocenters. The number of hydrogen-bond donors (Lipinski definition) is 1. The van der Waals surface area contributed by atoms with Crippen molar-refractivity contribution >= 4 is 36.2 Å². The lowest BCUT2D eigenvalue weighted by Crippen LogP contribution is -2.45. The first kappa shape index (κ1) is 19.4. The highest BCUT2D eigenvalue weighted by Crippen LogP contribution is 2.34. The van der Waals surface area contributed by atoms with Crippen LogP contribution in [-0.2, 0) is 0 Å². The van der Waals surface area contributed by atoms with Crippen molar-refractivity contribution < 1.29 is 4.39 Å². The molecule has 3 rings (SSSR count). The molecule has 1 N–H and O–H groups in total. The number of piperazine rings is 1. The quantitative estimate of drug-likeness (QED) is 0.886. The van der Waals surface area contributed by atoms with Crippen LogP contribution in [0.5, 0.6) is 0 Å². The number of nitrogens with zero attached hydrogens (tertiary/aromatic N) is 1. The van der Waals surface area contributed by atoms with Crippen molar-refractivity contribution in [1.29, 1.82) is 0 Å². The van der Waals surface area contributed by atoms with E-state index in [4.69, 9.17) is 0 Å². The molecule has 1 aromatic carbocycles. The van der Waals surface area contributed by atoms with Crippen molar-refractivity contribution in [2.75, 3.05) is 26.2 Å². The van der Waals surface area contributed by atoms with E-state index < -0.39 is 0 Å². The molecule has 0 saturated carbocycles. The molecule has 1 aromatic heterocycles. The maximum Gasteiger partial charge on any atom is 0.126 e. The summed E-state index contributed by atoms with van der Waals surface area (Å²) in [4.78, 5) is 3.74. The van der Waals surface area contributed by atoms with E-state index in [1.807, 2.05) is 13.0 Å². The highest BCUT2D eigenvalue weighted by atomic mass is 35.5. The third-order valence-corrected chi connectivity index (χ3v) is 4.86. The summed E-state index contributed by atoms with van der Waals surface area (Å²) in [6.45, 7) is 5.87. The monoisotopic (exact) mass is 362 g/mol. The molecule has 1 saturated heterocycles. The van der Waals surface area contributed by atoms with Crippen LogP contribution in [0.1, 0.15) is 22.0 Å². The first-order valence-electron chi connectivity index (χ1n) is 7.00. The second-order valence-electron chi connectivity index (χ2n) is 5.16. The predicted molar refractivity (Wildman–Crippen MR) is 96.2 cm³/mol. The van der Waals surface area contributed by atoms with Gasteiger partial charge in [-0.05, 0) is 35.6 Å². The largest absolute Gasteiger partial charge is 0.314 e. The van der Waals surface area contributed by atoms with E-state index in [1.54, 1.807) is 17.4 Å². The molecule has 1 atom stereocenters. The van der Waals surface area contributed by atoms with Crippen LogP contribution in [-0.4, -0.2) is 31.1 Å². The summed E-state index contributed by atoms with van der Waals surface area (Å²) < 4.78 is 13.9. The minimum Gasteiger partial charge on any atom is -0.314 e. The molecule has 0 spiro atoms. The van der Waals surface area contributed by atoms with Gasteiger partial charge >= 0.3 is 0 Å². The van der Waals surface area contributed by atoms with E-state index in [9.17, 15) is 4.39 Å². The second kappa shape index (κ2) is 8.85. The van der Waals surface area contributed by atoms with Gasteiger partial charge in [0.1, 0.15) is 5.82 Å². The van der Waals surface area contributed by atoms with Gasteiger partial charge < -0.3 is 5.32 Å². The van der Waals surface area contributed by atoms with Crippen molar-refractivity contribution in [2.45, 2.75) is 13.0 Å². The number of hydrogen-bond acceptors (Lipinski definition) is 3. The Balaban J connectivity index is 0.00000121. The maximum absolute atomic E-state index is 13.9. The molecular weight excluding hydrogens is 342 g/mol. The van der Waals surface area contributed by atoms with Gasteiger partial charge in [-0.15, -0.1) is 36.2 Å². The van der Waals surface area contributed by atoms with Crippen molar-refractivity contribution in [2.24, 2.45) is 0 Å². The first-order valence-corrected chi connectivity index (χ1v) is 7.88. The molecular formula is C16H21Cl2FN2S. The first-order chi connectivity index (χ1) is 9.77. The smallest absolute Gasteiger partial charge is 0.126 e. The molecule has 0 aliphatic carbocycles. The summed E-state index contributed by atoms with van der Waals surface area (Å²) >= 11 is 1.75. The summed E-state index contributed by atoms with van der Waals surface area (Å²) in [5, 5.41) is 5.48. The molecule has 2 heterocycles. The molecule has 1 aliphatic heterocycles. The minimum absolute atomic E-state index is 0. The van der Waals surface area contributed by atoms with E-state index in [-0.39, 0.29) is 36.7 Å². The van der Waals surface area contributed by atoms with Crippen LogP contribution in [0.4, 0.5) is 4.39 Å². The Hall–Kier alpha value is -0.650. The molecule has 2 aromatic rings. The van der Waals surface area contributed by atoms with E-state index in [2.05, 4.69) is 33.8 Å². The van der Waals surface area contributed by atoms with Crippen LogP contribution in [0, 0.1) is 12.7 Å². The summed E-state index contributed by atoms with van der Waals surface area (Å²) in [6, 6.07) is 9.83. The van der Waals surface area contributed by atoms with Gasteiger partial charge in [-0.3, -0.25) is 4.90 Å². The maximum atomic E-state index is 13.9. The Morgan fingerprint density at radius 3 is 2.50 bits per heavy atom. The Kier molecular flexibility index (Phi) is 7.80. The average Bonchev–Trinajstić information content (AvgIpc) is 2.99. The Labute approximate surface area is 147 Å². The fourth-order valence-electron chi connectivity index (χ4n) is 2.84. The molecule has 2 nitrogen and oxygen atoms in total. The van der Waals surface area contributed by atoms with E-state index in [0.29, 0.717) is 0 Å². The van der Waals surface area contributed by atoms with E-state index >= 15 is 0 Å². The molecule has 1 fully saturated rings. The predicted octanol–water partition coefficient (Wildman–Crippen LogP) is 4.03. The number of thiophene rings is 1. The van der Waals surface area contributed by atoms with Crippen LogP contribution in [0.25, 0.3) is 0 Å². The number of halogens is 3. The van der Waals surface area contributed by atoms with Crippen molar-refractivity contribution in [3.8, 4) is 0 Å². The number of nitrogens with one attached hydrogen (secondary N) is 1. The molecule has 122 valence electrons. The molecule has 0 amide bonds. The summed E-state index contributed by atoms with van der Waals surface area (Å²) in [5.74, 6) is -0.112. The van der Waals surface area contributed by atoms with Gasteiger partial charge in [-0.1, -0.05) is 18.2 Å². The van der Waals surface area contributed by atoms with E-state index in [1.165, 1.54) is 4.88 Å². The topological polar surface area (TPSA) is 15.3 Å². The van der Waals surface area contributed by atoms with Crippen molar-refractivity contribution in [3.63, 3.8) is 0 Å². The van der Waals surface area contributed by atoms with Gasteiger partial charge in [-0.25, -0.2) is 4.39 Å². The lowest BCUT2D eigenvalue weighted by molar-refractivity contribution is 0.200. The Morgan fingerprint density at radius 2 is 1.86 bits per heavy atom. The van der Waals surface area contributed by atoms with Crippen LogP contribution in [0.3, 0.4) is 0 Å². The zero-order valence-electron chi connectivity index (χ0n) is 12.4. The number of benzene rings is 1. The summed E-state index contributed by atoms with van der Waals surface area (Å²) in [5.41, 5.74) is 1.86. The van der Waals surface area contributed by atoms with Gasteiger partial charge in [0.05, 0.1) is 6.04 Å². The van der Waals surface area contributed by atoms with Gasteiger partial charge in [0.15, 0.2) is 0 Å². The fourth-order valence-corrected chi connectivity index (χ4v) is 3.71. The van der Waals surface area contributed by atoms with Gasteiger partial charge in [0.25, 0.3) is 0 Å². The third kappa shape index (κ3) is 4.00. The SMILES string of the molecule is Cc1c(F)cccc1[C@@H](c1cccs1)N1CCNCC1.Cl.Cl. The molecule has 1 aliphatic rings. The Morgan fingerprint density at radius 1 is 1.14 bits per heavy atom. The normalized spacial score (nSPS) is 16.5. The minimum atomic E-state index is -0.112. The summed E-state index contributed by atoms with van der Waals surface area (Å²) in [7, 11) is 0. The van der Waals surface area contributed by atoms with Gasteiger partial charge in [-0.2, -0.15) is 0 Å². The van der Waals surface area contributed by atoms with Crippen LogP contribution >= 0.6 is 36.2 Å². The second-order valence-corrected chi connectivity index (χ2v) is 6.14. The third-order valence-electron chi connectivity index (χ3n) is 3.93. The zero-order chi connectivity index (χ0) is 13.9. The van der Waals surface area contributed by atoms with Gasteiger partial charge in [0.2, 0.25) is 0 Å². The van der Waals surface area contributed by atoms with Crippen LogP contribution < -0.4 is 5.32 Å².